The third-order valence-electron chi connectivity index (χ3n) is 3.88. The fourth-order valence-corrected chi connectivity index (χ4v) is 2.69. The van der Waals surface area contributed by atoms with E-state index in [1.807, 2.05) is 7.05 Å². The molecule has 1 aliphatic rings. The lowest BCUT2D eigenvalue weighted by Crippen LogP contribution is -2.41. The van der Waals surface area contributed by atoms with Crippen molar-refractivity contribution in [3.05, 3.63) is 17.8 Å². The van der Waals surface area contributed by atoms with Crippen LogP contribution in [0, 0.1) is 0 Å². The maximum absolute atomic E-state index is 12.3. The van der Waals surface area contributed by atoms with Gasteiger partial charge in [-0.15, -0.1) is 10.2 Å². The molecule has 0 aliphatic carbocycles. The summed E-state index contributed by atoms with van der Waals surface area (Å²) in [6, 6.07) is 3.95. The molecule has 0 aromatic carbocycles. The minimum Gasteiger partial charge on any atom is -0.372 e. The molecule has 2 rings (SSSR count). The van der Waals surface area contributed by atoms with Gasteiger partial charge in [-0.25, -0.2) is 0 Å². The molecule has 0 spiro atoms. The van der Waals surface area contributed by atoms with Gasteiger partial charge in [0.1, 0.15) is 5.82 Å². The average molecular weight is 277 g/mol. The highest BCUT2D eigenvalue weighted by Crippen LogP contribution is 2.17. The first-order valence-corrected chi connectivity index (χ1v) is 7.16. The summed E-state index contributed by atoms with van der Waals surface area (Å²) < 4.78 is 0. The topological polar surface area (TPSA) is 61.4 Å². The van der Waals surface area contributed by atoms with E-state index >= 15 is 0 Å². The smallest absolute Gasteiger partial charge is 0.274 e. The van der Waals surface area contributed by atoms with E-state index in [4.69, 9.17) is 0 Å². The highest BCUT2D eigenvalue weighted by atomic mass is 16.2. The van der Waals surface area contributed by atoms with Crippen molar-refractivity contribution in [1.29, 1.82) is 0 Å². The molecule has 0 bridgehead atoms. The van der Waals surface area contributed by atoms with Gasteiger partial charge in [0.25, 0.3) is 5.91 Å². The summed E-state index contributed by atoms with van der Waals surface area (Å²) in [5.74, 6) is 0.597. The Labute approximate surface area is 120 Å². The Morgan fingerprint density at radius 1 is 1.50 bits per heavy atom. The quantitative estimate of drug-likeness (QED) is 0.872. The average Bonchev–Trinajstić information content (AvgIpc) is 2.93. The van der Waals surface area contributed by atoms with Crippen LogP contribution < -0.4 is 5.32 Å². The number of nitrogens with one attached hydrogen (secondary N) is 1. The minimum absolute atomic E-state index is 0.0666. The van der Waals surface area contributed by atoms with Gasteiger partial charge in [-0.3, -0.25) is 9.69 Å². The van der Waals surface area contributed by atoms with E-state index in [-0.39, 0.29) is 5.91 Å². The molecule has 0 saturated carbocycles. The van der Waals surface area contributed by atoms with Crippen LogP contribution in [0.5, 0.6) is 0 Å². The fourth-order valence-electron chi connectivity index (χ4n) is 2.69. The van der Waals surface area contributed by atoms with Gasteiger partial charge < -0.3 is 10.2 Å². The zero-order valence-electron chi connectivity index (χ0n) is 12.5. The van der Waals surface area contributed by atoms with Gasteiger partial charge in [0, 0.05) is 26.7 Å². The van der Waals surface area contributed by atoms with Gasteiger partial charge >= 0.3 is 0 Å². The van der Waals surface area contributed by atoms with Crippen molar-refractivity contribution in [2.24, 2.45) is 0 Å². The number of anilines is 1. The van der Waals surface area contributed by atoms with Crippen molar-refractivity contribution in [2.45, 2.75) is 25.8 Å². The SMILES string of the molecule is CCN1CCCC1CN(C)C(=O)c1ccc(NC)nn1. The number of carbonyl (C=O) groups excluding carboxylic acids is 1. The van der Waals surface area contributed by atoms with Crippen molar-refractivity contribution >= 4 is 11.7 Å². The zero-order valence-corrected chi connectivity index (χ0v) is 12.5. The summed E-state index contributed by atoms with van der Waals surface area (Å²) in [4.78, 5) is 16.5. The summed E-state index contributed by atoms with van der Waals surface area (Å²) >= 11 is 0. The van der Waals surface area contributed by atoms with E-state index < -0.39 is 0 Å². The maximum Gasteiger partial charge on any atom is 0.274 e. The van der Waals surface area contributed by atoms with Crippen LogP contribution in [-0.4, -0.2) is 65.7 Å². The lowest BCUT2D eigenvalue weighted by molar-refractivity contribution is 0.0748. The molecule has 2 heterocycles. The molecular formula is C14H23N5O. The Balaban J connectivity index is 1.97. The largest absolute Gasteiger partial charge is 0.372 e. The molecule has 1 fully saturated rings. The second-order valence-corrected chi connectivity index (χ2v) is 5.16. The third-order valence-corrected chi connectivity index (χ3v) is 3.88. The van der Waals surface area contributed by atoms with Crippen LogP contribution in [0.25, 0.3) is 0 Å². The Kier molecular flexibility index (Phi) is 4.89. The van der Waals surface area contributed by atoms with Crippen LogP contribution in [-0.2, 0) is 0 Å². The van der Waals surface area contributed by atoms with Crippen LogP contribution in [0.4, 0.5) is 5.82 Å². The summed E-state index contributed by atoms with van der Waals surface area (Å²) in [5.41, 5.74) is 0.396. The predicted octanol–water partition coefficient (Wildman–Crippen LogP) is 1.07. The molecule has 1 saturated heterocycles. The van der Waals surface area contributed by atoms with E-state index in [0.29, 0.717) is 17.6 Å². The third kappa shape index (κ3) is 3.25. The molecule has 1 aromatic heterocycles. The Morgan fingerprint density at radius 3 is 2.90 bits per heavy atom. The number of hydrogen-bond acceptors (Lipinski definition) is 5. The van der Waals surface area contributed by atoms with Crippen molar-refractivity contribution in [1.82, 2.24) is 20.0 Å². The molecule has 1 amide bonds. The van der Waals surface area contributed by atoms with E-state index in [2.05, 4.69) is 27.3 Å². The highest BCUT2D eigenvalue weighted by Gasteiger charge is 2.26. The van der Waals surface area contributed by atoms with Crippen molar-refractivity contribution in [3.8, 4) is 0 Å². The van der Waals surface area contributed by atoms with Crippen molar-refractivity contribution in [3.63, 3.8) is 0 Å². The number of likely N-dealkylation sites (tertiary alicyclic amines) is 1. The summed E-state index contributed by atoms with van der Waals surface area (Å²) in [6.45, 7) is 5.10. The monoisotopic (exact) mass is 277 g/mol. The molecular weight excluding hydrogens is 254 g/mol. The number of aromatic nitrogens is 2. The molecule has 110 valence electrons. The van der Waals surface area contributed by atoms with Gasteiger partial charge in [0.2, 0.25) is 0 Å². The van der Waals surface area contributed by atoms with Gasteiger partial charge in [-0.05, 0) is 38.1 Å². The number of hydrogen-bond donors (Lipinski definition) is 1. The molecule has 1 aliphatic heterocycles. The van der Waals surface area contributed by atoms with E-state index in [1.54, 1.807) is 24.1 Å². The predicted molar refractivity (Wildman–Crippen MR) is 78.8 cm³/mol. The number of rotatable bonds is 5. The van der Waals surface area contributed by atoms with Crippen molar-refractivity contribution in [2.75, 3.05) is 39.0 Å². The molecule has 0 radical (unpaired) electrons. The van der Waals surface area contributed by atoms with Gasteiger partial charge in [-0.2, -0.15) is 0 Å². The summed E-state index contributed by atoms with van der Waals surface area (Å²) in [6.07, 6.45) is 2.38. The van der Waals surface area contributed by atoms with Gasteiger partial charge in [0.05, 0.1) is 0 Å². The van der Waals surface area contributed by atoms with Crippen LogP contribution in [0.2, 0.25) is 0 Å². The molecule has 6 nitrogen and oxygen atoms in total. The fraction of sp³-hybridized carbons (Fsp3) is 0.643. The molecule has 1 N–H and O–H groups in total. The van der Waals surface area contributed by atoms with Crippen molar-refractivity contribution < 1.29 is 4.79 Å². The van der Waals surface area contributed by atoms with Gasteiger partial charge in [0.15, 0.2) is 5.69 Å². The lowest BCUT2D eigenvalue weighted by Gasteiger charge is -2.27. The van der Waals surface area contributed by atoms with Crippen LogP contribution >= 0.6 is 0 Å². The minimum atomic E-state index is -0.0666. The first kappa shape index (κ1) is 14.7. The van der Waals surface area contributed by atoms with Gasteiger partial charge in [-0.1, -0.05) is 6.92 Å². The van der Waals surface area contributed by atoms with E-state index in [1.165, 1.54) is 6.42 Å². The summed E-state index contributed by atoms with van der Waals surface area (Å²) in [7, 11) is 3.61. The number of amides is 1. The number of carbonyl (C=O) groups is 1. The van der Waals surface area contributed by atoms with Crippen LogP contribution in [0.3, 0.4) is 0 Å². The van der Waals surface area contributed by atoms with E-state index in [9.17, 15) is 4.79 Å². The zero-order chi connectivity index (χ0) is 14.5. The number of nitrogens with zero attached hydrogens (tertiary/aromatic N) is 4. The summed E-state index contributed by atoms with van der Waals surface area (Å²) in [5, 5.41) is 10.8. The Bertz CT molecular complexity index is 447. The Hall–Kier alpha value is -1.69. The number of likely N-dealkylation sites (N-methyl/N-ethyl adjacent to an activating group) is 2. The molecule has 1 atom stereocenters. The van der Waals surface area contributed by atoms with Crippen LogP contribution in [0.1, 0.15) is 30.3 Å². The standard InChI is InChI=1S/C14H23N5O/c1-4-19-9-5-6-11(19)10-18(3)14(20)12-7-8-13(15-2)17-16-12/h7-8,11H,4-6,9-10H2,1-3H3,(H,15,17). The molecule has 1 unspecified atom stereocenters. The van der Waals surface area contributed by atoms with Crippen LogP contribution in [0.15, 0.2) is 12.1 Å². The lowest BCUT2D eigenvalue weighted by atomic mass is 10.2. The first-order chi connectivity index (χ1) is 9.65. The molecule has 6 heteroatoms. The molecule has 1 aromatic rings. The maximum atomic E-state index is 12.3. The van der Waals surface area contributed by atoms with E-state index in [0.717, 1.165) is 26.1 Å². The second kappa shape index (κ2) is 6.65. The normalized spacial score (nSPS) is 19.1. The first-order valence-electron chi connectivity index (χ1n) is 7.16. The highest BCUT2D eigenvalue weighted by molar-refractivity contribution is 5.92. The molecule has 20 heavy (non-hydrogen) atoms. The Morgan fingerprint density at radius 2 is 2.30 bits per heavy atom. The second-order valence-electron chi connectivity index (χ2n) is 5.16.